The molecule has 0 bridgehead atoms. The zero-order valence-corrected chi connectivity index (χ0v) is 15.4. The summed E-state index contributed by atoms with van der Waals surface area (Å²) < 4.78 is 6.09. The van der Waals surface area contributed by atoms with Crippen molar-refractivity contribution in [3.63, 3.8) is 0 Å². The van der Waals surface area contributed by atoms with E-state index in [1.807, 2.05) is 30.3 Å². The van der Waals surface area contributed by atoms with Gasteiger partial charge in [-0.2, -0.15) is 0 Å². The van der Waals surface area contributed by atoms with E-state index in [0.29, 0.717) is 12.2 Å². The Bertz CT molecular complexity index is 677. The van der Waals surface area contributed by atoms with Crippen molar-refractivity contribution in [2.24, 2.45) is 0 Å². The topological polar surface area (TPSA) is 68.5 Å². The summed E-state index contributed by atoms with van der Waals surface area (Å²) in [5.74, 6) is 0. The molecule has 1 unspecified atom stereocenters. The molecule has 1 aromatic heterocycles. The average molecular weight is 433 g/mol. The predicted molar refractivity (Wildman–Crippen MR) is 95.5 cm³/mol. The Morgan fingerprint density at radius 3 is 2.91 bits per heavy atom. The van der Waals surface area contributed by atoms with Crippen molar-refractivity contribution in [3.05, 3.63) is 48.0 Å². The molecule has 6 nitrogen and oxygen atoms in total. The Hall–Kier alpha value is -1.26. The fraction of sp³-hybridized carbons (Fsp3) is 0.357. The lowest BCUT2D eigenvalue weighted by atomic mass is 10.2. The molecule has 1 atom stereocenters. The Kier molecular flexibility index (Phi) is 5.70. The van der Waals surface area contributed by atoms with Crippen LogP contribution in [0.3, 0.4) is 0 Å². The number of rotatable bonds is 6. The van der Waals surface area contributed by atoms with Crippen molar-refractivity contribution in [2.45, 2.75) is 19.6 Å². The van der Waals surface area contributed by atoms with E-state index in [1.165, 1.54) is 11.3 Å². The highest BCUT2D eigenvalue weighted by atomic mass is 127. The molecule has 0 N–H and O–H groups in total. The van der Waals surface area contributed by atoms with E-state index in [4.69, 9.17) is 4.74 Å². The second-order valence-electron chi connectivity index (χ2n) is 4.80. The van der Waals surface area contributed by atoms with Crippen LogP contribution < -0.4 is 4.90 Å². The summed E-state index contributed by atoms with van der Waals surface area (Å²) in [7, 11) is 3.47. The quantitative estimate of drug-likeness (QED) is 0.392. The Labute approximate surface area is 146 Å². The molecule has 8 heteroatoms. The van der Waals surface area contributed by atoms with Crippen LogP contribution >= 0.6 is 33.9 Å². The van der Waals surface area contributed by atoms with Gasteiger partial charge < -0.3 is 9.64 Å². The molecular weight excluding hydrogens is 417 g/mol. The third kappa shape index (κ3) is 3.93. The fourth-order valence-corrected chi connectivity index (χ4v) is 3.29. The number of benzene rings is 1. The van der Waals surface area contributed by atoms with Crippen LogP contribution in [0.5, 0.6) is 0 Å². The first-order valence-electron chi connectivity index (χ1n) is 6.54. The van der Waals surface area contributed by atoms with Gasteiger partial charge in [-0.25, -0.2) is 4.98 Å². The van der Waals surface area contributed by atoms with Crippen molar-refractivity contribution in [2.75, 3.05) is 19.1 Å². The normalized spacial score (nSPS) is 12.2. The second-order valence-corrected chi connectivity index (χ2v) is 6.94. The molecular formula is C14H16IN3O3S. The lowest BCUT2D eigenvalue weighted by Crippen LogP contribution is -2.18. The van der Waals surface area contributed by atoms with E-state index >= 15 is 0 Å². The smallest absolute Gasteiger partial charge is 0.293 e. The van der Waals surface area contributed by atoms with Crippen LogP contribution in [-0.4, -0.2) is 24.1 Å². The molecule has 0 radical (unpaired) electrons. The maximum atomic E-state index is 11.2. The van der Waals surface area contributed by atoms with Gasteiger partial charge in [-0.15, -0.1) is 11.3 Å². The van der Waals surface area contributed by atoms with Crippen LogP contribution in [-0.2, 0) is 11.3 Å². The molecule has 1 aromatic carbocycles. The third-order valence-corrected chi connectivity index (χ3v) is 4.94. The average Bonchev–Trinajstić information content (AvgIpc) is 2.94. The molecule has 0 fully saturated rings. The minimum absolute atomic E-state index is 0.0447. The first kappa shape index (κ1) is 17.1. The van der Waals surface area contributed by atoms with Crippen molar-refractivity contribution < 1.29 is 9.66 Å². The van der Waals surface area contributed by atoms with Crippen molar-refractivity contribution in [3.8, 4) is 0 Å². The third-order valence-electron chi connectivity index (χ3n) is 3.22. The number of hydrogen-bond acceptors (Lipinski definition) is 6. The summed E-state index contributed by atoms with van der Waals surface area (Å²) in [4.78, 5) is 17.2. The van der Waals surface area contributed by atoms with E-state index in [2.05, 4.69) is 27.6 Å². The molecule has 2 rings (SSSR count). The number of ether oxygens (including phenoxy) is 1. The number of nitro benzene ring substituents is 1. The van der Waals surface area contributed by atoms with Crippen LogP contribution in [0.15, 0.2) is 23.6 Å². The molecule has 1 heterocycles. The van der Waals surface area contributed by atoms with Crippen LogP contribution in [0, 0.1) is 13.7 Å². The molecule has 118 valence electrons. The molecule has 0 amide bonds. The zero-order valence-electron chi connectivity index (χ0n) is 12.4. The first-order valence-corrected chi connectivity index (χ1v) is 8.50. The molecule has 0 aliphatic rings. The number of hydrogen-bond donors (Lipinski definition) is 0. The summed E-state index contributed by atoms with van der Waals surface area (Å²) in [5.41, 5.74) is 1.56. The van der Waals surface area contributed by atoms with Crippen LogP contribution in [0.2, 0.25) is 0 Å². The maximum absolute atomic E-state index is 11.2. The highest BCUT2D eigenvalue weighted by Gasteiger charge is 2.19. The highest BCUT2D eigenvalue weighted by molar-refractivity contribution is 14.1. The summed E-state index contributed by atoms with van der Waals surface area (Å²) in [6.07, 6.45) is -0.0447. The lowest BCUT2D eigenvalue weighted by Gasteiger charge is -2.18. The summed E-state index contributed by atoms with van der Waals surface area (Å²) in [5, 5.41) is 14.1. The largest absolute Gasteiger partial charge is 0.375 e. The van der Waals surface area contributed by atoms with Gasteiger partial charge in [0.15, 0.2) is 0 Å². The van der Waals surface area contributed by atoms with Crippen LogP contribution in [0.4, 0.5) is 11.4 Å². The number of halogens is 1. The number of anilines is 1. The van der Waals surface area contributed by atoms with Gasteiger partial charge in [-0.1, -0.05) is 0 Å². The molecule has 0 spiro atoms. The van der Waals surface area contributed by atoms with Gasteiger partial charge >= 0.3 is 0 Å². The summed E-state index contributed by atoms with van der Waals surface area (Å²) in [6.45, 7) is 2.45. The molecule has 0 saturated carbocycles. The Morgan fingerprint density at radius 2 is 2.27 bits per heavy atom. The van der Waals surface area contributed by atoms with Gasteiger partial charge in [0.25, 0.3) is 5.69 Å². The fourth-order valence-electron chi connectivity index (χ4n) is 1.98. The predicted octanol–water partition coefficient (Wildman–Crippen LogP) is 4.00. The minimum Gasteiger partial charge on any atom is -0.375 e. The Balaban J connectivity index is 2.20. The lowest BCUT2D eigenvalue weighted by molar-refractivity contribution is -0.384. The van der Waals surface area contributed by atoms with Gasteiger partial charge in [-0.05, 0) is 41.6 Å². The van der Waals surface area contributed by atoms with E-state index in [1.54, 1.807) is 19.2 Å². The van der Waals surface area contributed by atoms with Crippen molar-refractivity contribution in [1.29, 1.82) is 0 Å². The highest BCUT2D eigenvalue weighted by Crippen LogP contribution is 2.30. The molecule has 22 heavy (non-hydrogen) atoms. The second kappa shape index (κ2) is 7.34. The summed E-state index contributed by atoms with van der Waals surface area (Å²) in [6, 6.07) is 5.20. The summed E-state index contributed by atoms with van der Waals surface area (Å²) >= 11 is 3.60. The number of thiazole rings is 1. The first-order chi connectivity index (χ1) is 10.4. The van der Waals surface area contributed by atoms with Gasteiger partial charge in [0, 0.05) is 29.2 Å². The number of nitro groups is 1. The van der Waals surface area contributed by atoms with E-state index in [0.717, 1.165) is 14.3 Å². The monoisotopic (exact) mass is 433 g/mol. The SMILES string of the molecule is COC(C)c1nc(CN(C)c2ccc(I)cc2[N+](=O)[O-])cs1. The van der Waals surface area contributed by atoms with E-state index < -0.39 is 0 Å². The number of aromatic nitrogens is 1. The minimum atomic E-state index is -0.354. The Morgan fingerprint density at radius 1 is 1.55 bits per heavy atom. The van der Waals surface area contributed by atoms with Crippen molar-refractivity contribution >= 4 is 45.3 Å². The molecule has 0 aliphatic carbocycles. The molecule has 0 saturated heterocycles. The van der Waals surface area contributed by atoms with Gasteiger partial charge in [-0.3, -0.25) is 10.1 Å². The number of nitrogens with zero attached hydrogens (tertiary/aromatic N) is 3. The van der Waals surface area contributed by atoms with Crippen molar-refractivity contribution in [1.82, 2.24) is 4.98 Å². The standard InChI is InChI=1S/C14H16IN3O3S/c1-9(21-3)14-16-11(8-22-14)7-17(2)12-5-4-10(15)6-13(12)18(19)20/h4-6,8-9H,7H2,1-3H3. The van der Waals surface area contributed by atoms with E-state index in [9.17, 15) is 10.1 Å². The van der Waals surface area contributed by atoms with Gasteiger partial charge in [0.05, 0.1) is 17.2 Å². The zero-order chi connectivity index (χ0) is 16.3. The number of methoxy groups -OCH3 is 1. The van der Waals surface area contributed by atoms with Gasteiger partial charge in [0.1, 0.15) is 16.8 Å². The van der Waals surface area contributed by atoms with Crippen LogP contribution in [0.25, 0.3) is 0 Å². The molecule has 0 aliphatic heterocycles. The maximum Gasteiger partial charge on any atom is 0.293 e. The van der Waals surface area contributed by atoms with Gasteiger partial charge in [0.2, 0.25) is 0 Å². The van der Waals surface area contributed by atoms with E-state index in [-0.39, 0.29) is 16.7 Å². The van der Waals surface area contributed by atoms with Crippen LogP contribution in [0.1, 0.15) is 23.7 Å². The molecule has 2 aromatic rings.